The molecule has 238 valence electrons. The van der Waals surface area contributed by atoms with Crippen molar-refractivity contribution < 1.29 is 4.42 Å². The zero-order chi connectivity index (χ0) is 33.7. The minimum atomic E-state index is 0.588. The molecule has 0 spiro atoms. The predicted octanol–water partition coefficient (Wildman–Crippen LogP) is 11.8. The average molecular weight is 653 g/mol. The molecule has 0 aliphatic heterocycles. The van der Waals surface area contributed by atoms with E-state index in [1.54, 1.807) is 0 Å². The van der Waals surface area contributed by atoms with Crippen molar-refractivity contribution in [3.63, 3.8) is 0 Å². The molecule has 7 aromatic carbocycles. The summed E-state index contributed by atoms with van der Waals surface area (Å²) < 4.78 is 6.66. The Bertz CT molecular complexity index is 2850. The molecule has 51 heavy (non-hydrogen) atoms. The number of furan rings is 1. The second-order valence-corrected chi connectivity index (χ2v) is 12.6. The first-order chi connectivity index (χ1) is 25.3. The minimum absolute atomic E-state index is 0.588. The van der Waals surface area contributed by atoms with Gasteiger partial charge in [0.05, 0.1) is 5.52 Å². The summed E-state index contributed by atoms with van der Waals surface area (Å²) in [7, 11) is 0. The summed E-state index contributed by atoms with van der Waals surface area (Å²) in [6, 6.07) is 58.2. The van der Waals surface area contributed by atoms with Gasteiger partial charge in [0.2, 0.25) is 0 Å². The SMILES string of the molecule is c1ccc(-c2nc(-c3ccccc3)nc(-c3cc(-c4cccc5ccccc45)cc(-c4c5ccccc5nc5c4oc4ccccc45)c3)n2)cc1. The van der Waals surface area contributed by atoms with E-state index in [1.165, 1.54) is 10.8 Å². The van der Waals surface area contributed by atoms with Crippen LogP contribution >= 0.6 is 0 Å². The molecule has 0 radical (unpaired) electrons. The van der Waals surface area contributed by atoms with E-state index in [0.29, 0.717) is 17.5 Å². The van der Waals surface area contributed by atoms with Crippen molar-refractivity contribution in [3.05, 3.63) is 170 Å². The van der Waals surface area contributed by atoms with Crippen molar-refractivity contribution in [3.8, 4) is 56.4 Å². The van der Waals surface area contributed by atoms with Crippen LogP contribution in [-0.2, 0) is 0 Å². The summed E-state index contributed by atoms with van der Waals surface area (Å²) in [6.07, 6.45) is 0. The summed E-state index contributed by atoms with van der Waals surface area (Å²) in [6.45, 7) is 0. The second-order valence-electron chi connectivity index (χ2n) is 12.6. The van der Waals surface area contributed by atoms with Gasteiger partial charge in [-0.05, 0) is 63.9 Å². The van der Waals surface area contributed by atoms with Crippen LogP contribution in [-0.4, -0.2) is 19.9 Å². The van der Waals surface area contributed by atoms with Crippen molar-refractivity contribution in [2.24, 2.45) is 0 Å². The Hall–Kier alpha value is -6.98. The lowest BCUT2D eigenvalue weighted by molar-refractivity contribution is 0.670. The molecule has 10 aromatic rings. The highest BCUT2D eigenvalue weighted by Crippen LogP contribution is 2.43. The molecule has 0 saturated heterocycles. The van der Waals surface area contributed by atoms with Gasteiger partial charge >= 0.3 is 0 Å². The largest absolute Gasteiger partial charge is 0.454 e. The zero-order valence-electron chi connectivity index (χ0n) is 27.4. The Morgan fingerprint density at radius 2 is 0.922 bits per heavy atom. The molecular formula is C46H28N4O. The number of rotatable bonds is 5. The highest BCUT2D eigenvalue weighted by molar-refractivity contribution is 6.15. The molecule has 5 nitrogen and oxygen atoms in total. The number of hydrogen-bond donors (Lipinski definition) is 0. The second kappa shape index (κ2) is 11.9. The van der Waals surface area contributed by atoms with Crippen LogP contribution in [0.1, 0.15) is 0 Å². The molecule has 0 aliphatic carbocycles. The van der Waals surface area contributed by atoms with Crippen LogP contribution < -0.4 is 0 Å². The summed E-state index contributed by atoms with van der Waals surface area (Å²) in [5.41, 5.74) is 10.2. The fraction of sp³-hybridized carbons (Fsp3) is 0. The Morgan fingerprint density at radius 1 is 0.373 bits per heavy atom. The fourth-order valence-corrected chi connectivity index (χ4v) is 7.10. The molecule has 0 bridgehead atoms. The first-order valence-corrected chi connectivity index (χ1v) is 17.0. The van der Waals surface area contributed by atoms with Gasteiger partial charge in [0.15, 0.2) is 23.1 Å². The summed E-state index contributed by atoms with van der Waals surface area (Å²) in [4.78, 5) is 20.3. The van der Waals surface area contributed by atoms with Gasteiger partial charge in [0.1, 0.15) is 11.1 Å². The molecule has 0 fully saturated rings. The van der Waals surface area contributed by atoms with E-state index in [-0.39, 0.29) is 0 Å². The Kier molecular flexibility index (Phi) is 6.74. The van der Waals surface area contributed by atoms with Crippen LogP contribution in [0.2, 0.25) is 0 Å². The molecule has 5 heteroatoms. The molecule has 0 amide bonds. The lowest BCUT2D eigenvalue weighted by atomic mass is 9.91. The first-order valence-electron chi connectivity index (χ1n) is 17.0. The van der Waals surface area contributed by atoms with E-state index in [4.69, 9.17) is 24.4 Å². The average Bonchev–Trinajstić information content (AvgIpc) is 3.58. The van der Waals surface area contributed by atoms with Crippen LogP contribution in [0, 0.1) is 0 Å². The van der Waals surface area contributed by atoms with E-state index in [2.05, 4.69) is 84.9 Å². The lowest BCUT2D eigenvalue weighted by Crippen LogP contribution is -2.00. The number of nitrogens with zero attached hydrogens (tertiary/aromatic N) is 4. The van der Waals surface area contributed by atoms with Gasteiger partial charge in [0.25, 0.3) is 0 Å². The highest BCUT2D eigenvalue weighted by atomic mass is 16.3. The lowest BCUT2D eigenvalue weighted by Gasteiger charge is -2.15. The maximum absolute atomic E-state index is 6.66. The highest BCUT2D eigenvalue weighted by Gasteiger charge is 2.21. The van der Waals surface area contributed by atoms with Crippen LogP contribution in [0.4, 0.5) is 0 Å². The topological polar surface area (TPSA) is 64.7 Å². The molecule has 0 atom stereocenters. The van der Waals surface area contributed by atoms with Crippen LogP contribution in [0.3, 0.4) is 0 Å². The third kappa shape index (κ3) is 5.03. The van der Waals surface area contributed by atoms with E-state index in [0.717, 1.165) is 71.9 Å². The van der Waals surface area contributed by atoms with Gasteiger partial charge in [-0.1, -0.05) is 133 Å². The molecule has 0 N–H and O–H groups in total. The smallest absolute Gasteiger partial charge is 0.164 e. The van der Waals surface area contributed by atoms with E-state index >= 15 is 0 Å². The van der Waals surface area contributed by atoms with Gasteiger partial charge in [-0.2, -0.15) is 0 Å². The van der Waals surface area contributed by atoms with Crippen molar-refractivity contribution in [2.45, 2.75) is 0 Å². The fourth-order valence-electron chi connectivity index (χ4n) is 7.10. The minimum Gasteiger partial charge on any atom is -0.454 e. The molecule has 3 heterocycles. The van der Waals surface area contributed by atoms with Crippen molar-refractivity contribution in [1.82, 2.24) is 19.9 Å². The Labute approximate surface area is 293 Å². The number of para-hydroxylation sites is 2. The van der Waals surface area contributed by atoms with Gasteiger partial charge in [-0.25, -0.2) is 19.9 Å². The van der Waals surface area contributed by atoms with Crippen LogP contribution in [0.5, 0.6) is 0 Å². The summed E-state index contributed by atoms with van der Waals surface area (Å²) in [5, 5.41) is 4.34. The number of hydrogen-bond acceptors (Lipinski definition) is 5. The van der Waals surface area contributed by atoms with Crippen molar-refractivity contribution in [2.75, 3.05) is 0 Å². The van der Waals surface area contributed by atoms with Crippen molar-refractivity contribution >= 4 is 43.7 Å². The maximum Gasteiger partial charge on any atom is 0.164 e. The van der Waals surface area contributed by atoms with Crippen LogP contribution in [0.25, 0.3) is 100 Å². The van der Waals surface area contributed by atoms with E-state index in [1.807, 2.05) is 84.9 Å². The van der Waals surface area contributed by atoms with Gasteiger partial charge in [0, 0.05) is 33.0 Å². The summed E-state index contributed by atoms with van der Waals surface area (Å²) in [5.74, 6) is 1.82. The van der Waals surface area contributed by atoms with Crippen molar-refractivity contribution in [1.29, 1.82) is 0 Å². The Morgan fingerprint density at radius 3 is 1.67 bits per heavy atom. The molecule has 0 unspecified atom stereocenters. The molecular weight excluding hydrogens is 625 g/mol. The van der Waals surface area contributed by atoms with Gasteiger partial charge < -0.3 is 4.42 Å². The predicted molar refractivity (Wildman–Crippen MR) is 207 cm³/mol. The Balaban J connectivity index is 1.31. The molecule has 10 rings (SSSR count). The third-order valence-corrected chi connectivity index (χ3v) is 9.48. The van der Waals surface area contributed by atoms with Gasteiger partial charge in [-0.15, -0.1) is 0 Å². The molecule has 3 aromatic heterocycles. The van der Waals surface area contributed by atoms with E-state index in [9.17, 15) is 0 Å². The number of fused-ring (bicyclic) bond motifs is 5. The van der Waals surface area contributed by atoms with E-state index < -0.39 is 0 Å². The molecule has 0 saturated carbocycles. The zero-order valence-corrected chi connectivity index (χ0v) is 27.4. The normalized spacial score (nSPS) is 11.5. The monoisotopic (exact) mass is 652 g/mol. The quantitative estimate of drug-likeness (QED) is 0.185. The standard InChI is InChI=1S/C46H28N4O/c1-3-15-30(16-4-1)44-48-45(31-17-5-2-6-18-31)50-46(49-44)34-27-32(36-23-13-19-29-14-7-8-20-35(29)36)26-33(28-34)41-37-21-9-11-24-39(37)47-42-38-22-10-12-25-40(38)51-43(41)42/h1-28H. The third-order valence-electron chi connectivity index (χ3n) is 9.48. The number of benzene rings is 7. The van der Waals surface area contributed by atoms with Gasteiger partial charge in [-0.3, -0.25) is 0 Å². The summed E-state index contributed by atoms with van der Waals surface area (Å²) >= 11 is 0. The van der Waals surface area contributed by atoms with Crippen LogP contribution in [0.15, 0.2) is 174 Å². The first kappa shape index (κ1) is 29.0. The maximum atomic E-state index is 6.66. The number of pyridine rings is 1. The number of aromatic nitrogens is 4. The molecule has 0 aliphatic rings.